The van der Waals surface area contributed by atoms with Gasteiger partial charge in [-0.25, -0.2) is 9.67 Å². The second-order valence-electron chi connectivity index (χ2n) is 6.56. The average Bonchev–Trinajstić information content (AvgIpc) is 3.34. The highest BCUT2D eigenvalue weighted by Gasteiger charge is 2.19. The zero-order chi connectivity index (χ0) is 18.5. The molecule has 0 aliphatic carbocycles. The van der Waals surface area contributed by atoms with Crippen molar-refractivity contribution in [2.24, 2.45) is 0 Å². The van der Waals surface area contributed by atoms with Crippen LogP contribution in [0.15, 0.2) is 35.2 Å². The second kappa shape index (κ2) is 8.36. The topological polar surface area (TPSA) is 88.8 Å². The van der Waals surface area contributed by atoms with Gasteiger partial charge in [0, 0.05) is 31.4 Å². The molecular weight excluding hydrogens is 362 g/mol. The molecule has 1 aromatic carbocycles. The summed E-state index contributed by atoms with van der Waals surface area (Å²) in [6.07, 6.45) is 1.75. The molecule has 0 saturated heterocycles. The van der Waals surface area contributed by atoms with Gasteiger partial charge in [-0.3, -0.25) is 9.69 Å². The van der Waals surface area contributed by atoms with E-state index >= 15 is 0 Å². The van der Waals surface area contributed by atoms with Crippen LogP contribution in [-0.2, 0) is 37.3 Å². The van der Waals surface area contributed by atoms with Gasteiger partial charge in [0.25, 0.3) is 0 Å². The van der Waals surface area contributed by atoms with E-state index in [1.54, 1.807) is 21.5 Å². The summed E-state index contributed by atoms with van der Waals surface area (Å²) in [5.41, 5.74) is 5.55. The molecule has 1 N–H and O–H groups in total. The lowest BCUT2D eigenvalue weighted by atomic mass is 10.00. The number of tetrazole rings is 1. The monoisotopic (exact) mass is 383 g/mol. The fourth-order valence-electron chi connectivity index (χ4n) is 3.23. The maximum atomic E-state index is 12.2. The Morgan fingerprint density at radius 1 is 1.26 bits per heavy atom. The maximum Gasteiger partial charge on any atom is 0.241 e. The normalized spacial score (nSPS) is 14.1. The van der Waals surface area contributed by atoms with E-state index in [2.05, 4.69) is 55.0 Å². The Hall–Kier alpha value is -2.65. The second-order valence-corrected chi connectivity index (χ2v) is 7.28. The number of hydrogen-bond acceptors (Lipinski definition) is 7. The van der Waals surface area contributed by atoms with Gasteiger partial charge in [0.2, 0.25) is 5.91 Å². The third kappa shape index (κ3) is 4.55. The van der Waals surface area contributed by atoms with Crippen molar-refractivity contribution in [2.75, 3.05) is 13.1 Å². The largest absolute Gasteiger partial charge is 0.354 e. The van der Waals surface area contributed by atoms with Crippen LogP contribution in [0.1, 0.15) is 22.6 Å². The van der Waals surface area contributed by atoms with E-state index in [1.807, 2.05) is 5.38 Å². The van der Waals surface area contributed by atoms with Gasteiger partial charge in [-0.05, 0) is 28.0 Å². The molecule has 27 heavy (non-hydrogen) atoms. The molecule has 2 aromatic heterocycles. The fourth-order valence-corrected chi connectivity index (χ4v) is 3.82. The molecule has 4 rings (SSSR count). The number of benzene rings is 1. The third-order valence-electron chi connectivity index (χ3n) is 4.66. The molecule has 1 amide bonds. The number of fused-ring (bicyclic) bond motifs is 1. The van der Waals surface area contributed by atoms with Gasteiger partial charge in [-0.15, -0.1) is 16.4 Å². The van der Waals surface area contributed by atoms with Crippen LogP contribution in [0.5, 0.6) is 0 Å². The van der Waals surface area contributed by atoms with E-state index < -0.39 is 0 Å². The molecule has 1 aliphatic rings. The molecule has 0 saturated carbocycles. The van der Waals surface area contributed by atoms with Crippen molar-refractivity contribution in [2.45, 2.75) is 32.5 Å². The fraction of sp³-hybridized carbons (Fsp3) is 0.389. The van der Waals surface area contributed by atoms with Gasteiger partial charge in [-0.2, -0.15) is 0 Å². The van der Waals surface area contributed by atoms with Crippen molar-refractivity contribution in [3.63, 3.8) is 0 Å². The minimum atomic E-state index is -0.0947. The van der Waals surface area contributed by atoms with Crippen LogP contribution in [0.2, 0.25) is 0 Å². The lowest BCUT2D eigenvalue weighted by molar-refractivity contribution is -0.121. The van der Waals surface area contributed by atoms with Crippen LogP contribution >= 0.6 is 11.3 Å². The van der Waals surface area contributed by atoms with E-state index in [-0.39, 0.29) is 12.5 Å². The zero-order valence-corrected chi connectivity index (χ0v) is 15.7. The van der Waals surface area contributed by atoms with Gasteiger partial charge in [0.05, 0.1) is 17.7 Å². The molecule has 1 aliphatic heterocycles. The minimum Gasteiger partial charge on any atom is -0.354 e. The number of carbonyl (C=O) groups excluding carboxylic acids is 1. The summed E-state index contributed by atoms with van der Waals surface area (Å²) in [6.45, 7) is 3.16. The lowest BCUT2D eigenvalue weighted by Crippen LogP contribution is -2.33. The van der Waals surface area contributed by atoms with Crippen LogP contribution < -0.4 is 5.32 Å². The molecular formula is C18H21N7OS. The summed E-state index contributed by atoms with van der Waals surface area (Å²) in [6, 6.07) is 8.51. The van der Waals surface area contributed by atoms with E-state index in [0.29, 0.717) is 18.9 Å². The Balaban J connectivity index is 1.30. The molecule has 9 heteroatoms. The lowest BCUT2D eigenvalue weighted by Gasteiger charge is -2.28. The Morgan fingerprint density at radius 3 is 3.00 bits per heavy atom. The van der Waals surface area contributed by atoms with Crippen molar-refractivity contribution in [3.8, 4) is 0 Å². The van der Waals surface area contributed by atoms with E-state index in [0.717, 1.165) is 31.6 Å². The van der Waals surface area contributed by atoms with Crippen molar-refractivity contribution in [1.29, 1.82) is 0 Å². The summed E-state index contributed by atoms with van der Waals surface area (Å²) in [7, 11) is 0. The molecule has 0 radical (unpaired) electrons. The van der Waals surface area contributed by atoms with Crippen molar-refractivity contribution in [3.05, 3.63) is 57.8 Å². The molecule has 3 heterocycles. The number of hydrogen-bond donors (Lipinski definition) is 1. The van der Waals surface area contributed by atoms with Crippen LogP contribution in [0.25, 0.3) is 0 Å². The maximum absolute atomic E-state index is 12.2. The third-order valence-corrected chi connectivity index (χ3v) is 5.30. The van der Waals surface area contributed by atoms with Crippen molar-refractivity contribution < 1.29 is 4.79 Å². The number of carbonyl (C=O) groups is 1. The van der Waals surface area contributed by atoms with E-state index in [4.69, 9.17) is 0 Å². The standard InChI is InChI=1S/C18H21N7OS/c26-18(19-7-5-16-12-27-13-20-16)11-25-17(21-22-23-25)10-24-8-6-14-3-1-2-4-15(14)9-24/h1-4,12-13H,5-11H2,(H,19,26). The van der Waals surface area contributed by atoms with Crippen LogP contribution in [-0.4, -0.2) is 49.1 Å². The SMILES string of the molecule is O=C(Cn1nnnc1CN1CCc2ccccc2C1)NCCc1cscn1. The number of rotatable bonds is 7. The molecule has 8 nitrogen and oxygen atoms in total. The van der Waals surface area contributed by atoms with Crippen molar-refractivity contribution in [1.82, 2.24) is 35.4 Å². The number of nitrogens with zero attached hydrogens (tertiary/aromatic N) is 6. The summed E-state index contributed by atoms with van der Waals surface area (Å²) in [5, 5.41) is 16.7. The molecule has 0 spiro atoms. The first-order chi connectivity index (χ1) is 13.3. The van der Waals surface area contributed by atoms with Crippen LogP contribution in [0.3, 0.4) is 0 Å². The molecule has 0 unspecified atom stereocenters. The molecule has 3 aromatic rings. The highest BCUT2D eigenvalue weighted by Crippen LogP contribution is 2.19. The Labute approximate surface area is 161 Å². The van der Waals surface area contributed by atoms with Crippen LogP contribution in [0.4, 0.5) is 0 Å². The van der Waals surface area contributed by atoms with Gasteiger partial charge in [-0.1, -0.05) is 24.3 Å². The first-order valence-corrected chi connectivity index (χ1v) is 9.90. The van der Waals surface area contributed by atoms with Gasteiger partial charge in [0.15, 0.2) is 5.82 Å². The molecule has 0 atom stereocenters. The number of thiazole rings is 1. The Morgan fingerprint density at radius 2 is 2.15 bits per heavy atom. The Bertz CT molecular complexity index is 893. The Kier molecular flexibility index (Phi) is 5.50. The first kappa shape index (κ1) is 17.7. The summed E-state index contributed by atoms with van der Waals surface area (Å²) in [5.74, 6) is 0.617. The van der Waals surface area contributed by atoms with Gasteiger partial charge in [0.1, 0.15) is 6.54 Å². The molecule has 140 valence electrons. The van der Waals surface area contributed by atoms with E-state index in [1.165, 1.54) is 11.1 Å². The number of nitrogens with one attached hydrogen (secondary N) is 1. The predicted octanol–water partition coefficient (Wildman–Crippen LogP) is 1.05. The molecule has 0 bridgehead atoms. The highest BCUT2D eigenvalue weighted by molar-refractivity contribution is 7.07. The van der Waals surface area contributed by atoms with E-state index in [9.17, 15) is 4.79 Å². The van der Waals surface area contributed by atoms with Crippen molar-refractivity contribution >= 4 is 17.2 Å². The zero-order valence-electron chi connectivity index (χ0n) is 14.9. The smallest absolute Gasteiger partial charge is 0.241 e. The van der Waals surface area contributed by atoms with Crippen LogP contribution in [0, 0.1) is 0 Å². The summed E-state index contributed by atoms with van der Waals surface area (Å²) < 4.78 is 1.58. The molecule has 0 fully saturated rings. The quantitative estimate of drug-likeness (QED) is 0.656. The van der Waals surface area contributed by atoms with Gasteiger partial charge < -0.3 is 5.32 Å². The summed E-state index contributed by atoms with van der Waals surface area (Å²) in [4.78, 5) is 18.7. The number of aromatic nitrogens is 5. The number of amides is 1. The average molecular weight is 383 g/mol. The summed E-state index contributed by atoms with van der Waals surface area (Å²) >= 11 is 1.56. The first-order valence-electron chi connectivity index (χ1n) is 8.96. The predicted molar refractivity (Wildman–Crippen MR) is 101 cm³/mol. The minimum absolute atomic E-state index is 0.0947. The highest BCUT2D eigenvalue weighted by atomic mass is 32.1. The van der Waals surface area contributed by atoms with Gasteiger partial charge >= 0.3 is 0 Å².